The summed E-state index contributed by atoms with van der Waals surface area (Å²) in [5.41, 5.74) is 14.3. The Kier molecular flexibility index (Phi) is 35.2. The number of hydrogen-bond acceptors (Lipinski definition) is 17. The third kappa shape index (κ3) is 23.3. The number of pyridine rings is 8. The number of halogens is 4. The van der Waals surface area contributed by atoms with Gasteiger partial charge in [0.2, 0.25) is 29.5 Å². The maximum Gasteiger partial charge on any atom is 0.420 e. The quantitative estimate of drug-likeness (QED) is 0.0198. The number of carbonyl (C=O) groups is 3. The van der Waals surface area contributed by atoms with E-state index in [1.54, 1.807) is 72.0 Å². The highest BCUT2D eigenvalue weighted by atomic mass is 127. The van der Waals surface area contributed by atoms with Gasteiger partial charge < -0.3 is 41.5 Å². The molecule has 0 aliphatic heterocycles. The fraction of sp³-hybridized carbons (Fsp3) is 0.461. The maximum atomic E-state index is 16.0. The summed E-state index contributed by atoms with van der Waals surface area (Å²) in [4.78, 5) is 75.0. The minimum atomic E-state index is -2.27. The second-order valence-electron chi connectivity index (χ2n) is 38.6. The number of aryl methyl sites for hydroxylation is 3. The van der Waals surface area contributed by atoms with Gasteiger partial charge in [-0.1, -0.05) is 137 Å². The predicted octanol–water partition coefficient (Wildman–Crippen LogP) is 27.2. The summed E-state index contributed by atoms with van der Waals surface area (Å²) in [5, 5.41) is 15.0. The Morgan fingerprint density at radius 1 is 0.443 bits per heavy atom. The Balaban J connectivity index is 0.000000205. The third-order valence-electron chi connectivity index (χ3n) is 24.6. The Morgan fingerprint density at radius 3 is 1.27 bits per heavy atom. The molecule has 11 aromatic heterocycles. The zero-order chi connectivity index (χ0) is 97.0. The largest absolute Gasteiger partial charge is 0.478 e. The fourth-order valence-electron chi connectivity index (χ4n) is 19.8. The Labute approximate surface area is 790 Å². The lowest BCUT2D eigenvalue weighted by Crippen LogP contribution is -2.51. The van der Waals surface area contributed by atoms with E-state index >= 15 is 8.78 Å². The molecule has 704 valence electrons. The average Bonchev–Trinajstić information content (AvgIpc) is 1.59. The summed E-state index contributed by atoms with van der Waals surface area (Å²) >= 11 is 2.47. The molecule has 1 atom stereocenters. The minimum Gasteiger partial charge on any atom is -0.478 e. The molecular formula is C102H137F3IN13O9Si3. The van der Waals surface area contributed by atoms with E-state index < -0.39 is 71.9 Å². The van der Waals surface area contributed by atoms with Gasteiger partial charge in [0.1, 0.15) is 45.9 Å². The van der Waals surface area contributed by atoms with E-state index in [0.29, 0.717) is 135 Å². The van der Waals surface area contributed by atoms with E-state index in [9.17, 15) is 23.9 Å². The van der Waals surface area contributed by atoms with Crippen LogP contribution in [-0.4, -0.2) is 132 Å². The zero-order valence-electron chi connectivity index (χ0n) is 82.4. The highest BCUT2D eigenvalue weighted by Gasteiger charge is 2.50. The van der Waals surface area contributed by atoms with Crippen molar-refractivity contribution in [3.05, 3.63) is 230 Å². The van der Waals surface area contributed by atoms with Crippen LogP contribution in [0.2, 0.25) is 49.9 Å². The van der Waals surface area contributed by atoms with Crippen LogP contribution in [0.3, 0.4) is 0 Å². The van der Waals surface area contributed by atoms with Crippen molar-refractivity contribution in [3.8, 4) is 17.6 Å². The molecule has 0 bridgehead atoms. The second-order valence-corrected chi connectivity index (χ2v) is 56.9. The van der Waals surface area contributed by atoms with Crippen LogP contribution in [0.15, 0.2) is 153 Å². The summed E-state index contributed by atoms with van der Waals surface area (Å²) in [6.45, 7) is 65.8. The lowest BCUT2D eigenvalue weighted by molar-refractivity contribution is 0.0587. The number of nitrogens with zero attached hydrogens (tertiary/aromatic N) is 13. The molecule has 0 spiro atoms. The molecule has 22 nitrogen and oxygen atoms in total. The van der Waals surface area contributed by atoms with Crippen LogP contribution in [0, 0.1) is 42.1 Å². The van der Waals surface area contributed by atoms with Gasteiger partial charge in [-0.25, -0.2) is 63.7 Å². The van der Waals surface area contributed by atoms with Crippen molar-refractivity contribution in [2.24, 2.45) is 0 Å². The number of fused-ring (bicyclic) bond motifs is 3. The number of benzene rings is 1. The first-order valence-corrected chi connectivity index (χ1v) is 53.3. The zero-order valence-corrected chi connectivity index (χ0v) is 87.5. The van der Waals surface area contributed by atoms with Crippen molar-refractivity contribution >= 4 is 122 Å². The topological polar surface area (TPSA) is 242 Å². The summed E-state index contributed by atoms with van der Waals surface area (Å²) < 4.78 is 81.4. The summed E-state index contributed by atoms with van der Waals surface area (Å²) in [7, 11) is -6.01. The lowest BCUT2D eigenvalue weighted by atomic mass is 10.0. The van der Waals surface area contributed by atoms with Gasteiger partial charge in [0.05, 0.1) is 54.8 Å². The number of hydrogen-bond donors (Lipinski definition) is 1. The van der Waals surface area contributed by atoms with Gasteiger partial charge in [0.25, 0.3) is 0 Å². The smallest absolute Gasteiger partial charge is 0.420 e. The van der Waals surface area contributed by atoms with Gasteiger partial charge in [0.15, 0.2) is 31.0 Å². The Morgan fingerprint density at radius 2 is 0.855 bits per heavy atom. The van der Waals surface area contributed by atoms with Crippen LogP contribution in [0.25, 0.3) is 33.1 Å². The molecule has 131 heavy (non-hydrogen) atoms. The predicted molar refractivity (Wildman–Crippen MR) is 538 cm³/mol. The number of ether oxygens (including phenoxy) is 5. The van der Waals surface area contributed by atoms with E-state index in [0.717, 1.165) is 55.3 Å². The van der Waals surface area contributed by atoms with Gasteiger partial charge >= 0.3 is 12.2 Å². The van der Waals surface area contributed by atoms with Crippen LogP contribution in [0.5, 0.6) is 17.6 Å². The number of aldehydes is 1. The van der Waals surface area contributed by atoms with Crippen molar-refractivity contribution in [3.63, 3.8) is 0 Å². The number of aliphatic hydroxyl groups is 1. The number of carbonyl (C=O) groups excluding carboxylic acids is 3. The first-order valence-electron chi connectivity index (χ1n) is 45.7. The summed E-state index contributed by atoms with van der Waals surface area (Å²) in [6, 6.07) is 27.4. The van der Waals surface area contributed by atoms with Crippen molar-refractivity contribution in [1.82, 2.24) is 52.6 Å². The molecular weight excluding hydrogens is 1820 g/mol. The molecule has 2 amide bonds. The normalized spacial score (nSPS) is 12.5. The summed E-state index contributed by atoms with van der Waals surface area (Å²) in [6.07, 6.45) is 15.7. The lowest BCUT2D eigenvalue weighted by Gasteiger charge is -2.44. The number of anilines is 4. The van der Waals surface area contributed by atoms with E-state index in [4.69, 9.17) is 38.6 Å². The molecule has 12 aromatic rings. The monoisotopic (exact) mass is 1960 g/mol. The average molecular weight is 1960 g/mol. The number of rotatable bonds is 29. The van der Waals surface area contributed by atoms with E-state index in [1.807, 2.05) is 82.8 Å². The van der Waals surface area contributed by atoms with Crippen molar-refractivity contribution in [2.45, 2.75) is 288 Å². The fourth-order valence-corrected chi connectivity index (χ4v) is 40.5. The molecule has 0 aliphatic rings. The standard InChI is InChI=1S/C35H48FN5O4Si.C31H41FN4OSi.C19H21FN2O4.C17H27IN2Si/c1-12-44-30-16-13-25(19-37-30)41(34(43)45-35(9,10)11)29-15-14-26(32(36)39-29)31(42)28-20-40(33-27(28)17-24(8)18-38-33)46(21(2)3,22(4)5)23(6)7;1-9-37-29-13-10-24(18-33-29)15-27-12-11-25(30(32)35-27)16-26-19-36(31-28(26)14-23(8)17-34-31)38(20(2)3,21(4)5)22(6)7;1-5-25-17-9-8-15(11-21-17)22(18(24)26-19(2,3)4)14-7-6-13(12-23)16(20)10-14;1-11(2)21(12(3)4,13(5)6)20-10-16(18)15-8-14(7)9-19-17(15)20/h13-23,31,42H,12H2,1-11H3;10-14,17-22H,9,15-16H2,1-8H3;6-12H,5H2,1-4H3;8-13H,1-7H3. The van der Waals surface area contributed by atoms with Crippen LogP contribution in [0.1, 0.15) is 254 Å². The molecule has 1 unspecified atom stereocenters. The second kappa shape index (κ2) is 44.1. The van der Waals surface area contributed by atoms with Gasteiger partial charge in [-0.3, -0.25) is 4.79 Å². The minimum absolute atomic E-state index is 0.0100. The molecule has 0 fully saturated rings. The molecule has 1 aromatic carbocycles. The van der Waals surface area contributed by atoms with Crippen LogP contribution in [0.4, 0.5) is 45.6 Å². The maximum absolute atomic E-state index is 16.0. The van der Waals surface area contributed by atoms with E-state index in [2.05, 4.69) is 223 Å². The first-order chi connectivity index (χ1) is 61.6. The van der Waals surface area contributed by atoms with Crippen molar-refractivity contribution in [1.29, 1.82) is 0 Å². The van der Waals surface area contributed by atoms with E-state index in [-0.39, 0.29) is 22.6 Å². The molecule has 11 heterocycles. The highest BCUT2D eigenvalue weighted by molar-refractivity contribution is 14.1. The van der Waals surface area contributed by atoms with Gasteiger partial charge in [-0.2, -0.15) is 8.78 Å². The molecule has 1 N–H and O–H groups in total. The Bertz CT molecular complexity index is 5820. The summed E-state index contributed by atoms with van der Waals surface area (Å²) in [5.74, 6) is -0.681. The number of aliphatic hydroxyl groups excluding tert-OH is 1. The van der Waals surface area contributed by atoms with Gasteiger partial charge in [0, 0.05) is 117 Å². The van der Waals surface area contributed by atoms with Gasteiger partial charge in [-0.15, -0.1) is 0 Å². The van der Waals surface area contributed by atoms with Crippen molar-refractivity contribution < 1.29 is 56.3 Å². The number of aromatic nitrogens is 11. The van der Waals surface area contributed by atoms with Crippen molar-refractivity contribution in [2.75, 3.05) is 29.6 Å². The first kappa shape index (κ1) is 104. The molecule has 0 saturated heterocycles. The van der Waals surface area contributed by atoms with Crippen LogP contribution in [-0.2, 0) is 22.3 Å². The Hall–Kier alpha value is -10.2. The number of amides is 2. The molecule has 29 heteroatoms. The highest BCUT2D eigenvalue weighted by Crippen LogP contribution is 2.49. The molecule has 0 radical (unpaired) electrons. The molecule has 0 saturated carbocycles. The van der Waals surface area contributed by atoms with Crippen LogP contribution < -0.4 is 24.0 Å². The molecule has 12 rings (SSSR count). The molecule has 0 aliphatic carbocycles. The SMILES string of the molecule is CCOc1ccc(Cc2ccc(Cc3cn([Si](C(C)C)(C(C)C)C(C)C)c4ncc(C)cc34)c(F)n2)cn1.CCOc1ccc(N(C(=O)OC(C)(C)C)c2ccc(C(O)c3cn([Si](C(C)C)(C(C)C)C(C)C)c4ncc(C)cc34)c(F)n2)cn1.CCOc1ccc(N(C(=O)OC(C)(C)C)c2ccc(C=O)c(F)c2)cn1.Cc1cnc2c(c1)c(I)cn2[Si](C(C)C)(C(C)C)C(C)C. The van der Waals surface area contributed by atoms with E-state index in [1.165, 1.54) is 61.7 Å². The van der Waals surface area contributed by atoms with Crippen LogP contribution >= 0.6 is 22.6 Å². The van der Waals surface area contributed by atoms with Gasteiger partial charge in [-0.05, 0) is 250 Å². The third-order valence-corrected chi connectivity index (χ3v) is 45.6.